The molecular formula is C17H28ClN3O2. The molecule has 6 heteroatoms. The van der Waals surface area contributed by atoms with Gasteiger partial charge in [-0.3, -0.25) is 9.59 Å². The molecule has 1 rings (SSSR count). The molecule has 5 nitrogen and oxygen atoms in total. The van der Waals surface area contributed by atoms with E-state index in [0.29, 0.717) is 25.4 Å². The Hall–Kier alpha value is -1.59. The molecule has 3 N–H and O–H groups in total. The van der Waals surface area contributed by atoms with Crippen LogP contribution in [0.3, 0.4) is 0 Å². The van der Waals surface area contributed by atoms with Gasteiger partial charge >= 0.3 is 0 Å². The fraction of sp³-hybridized carbons (Fsp3) is 0.529. The van der Waals surface area contributed by atoms with E-state index in [9.17, 15) is 9.59 Å². The molecule has 23 heavy (non-hydrogen) atoms. The van der Waals surface area contributed by atoms with Crippen LogP contribution in [0.5, 0.6) is 0 Å². The number of likely N-dealkylation sites (N-methyl/N-ethyl adjacent to an activating group) is 1. The molecule has 0 aromatic heterocycles. The van der Waals surface area contributed by atoms with Crippen molar-refractivity contribution in [3.8, 4) is 0 Å². The number of amides is 2. The average molecular weight is 342 g/mol. The molecule has 130 valence electrons. The van der Waals surface area contributed by atoms with Crippen molar-refractivity contribution in [2.75, 3.05) is 13.1 Å². The fourth-order valence-corrected chi connectivity index (χ4v) is 2.20. The quantitative estimate of drug-likeness (QED) is 0.758. The summed E-state index contributed by atoms with van der Waals surface area (Å²) in [5.41, 5.74) is 6.87. The van der Waals surface area contributed by atoms with E-state index in [2.05, 4.69) is 5.32 Å². The second kappa shape index (κ2) is 11.0. The molecule has 1 aromatic carbocycles. The van der Waals surface area contributed by atoms with E-state index in [4.69, 9.17) is 5.73 Å². The highest BCUT2D eigenvalue weighted by Crippen LogP contribution is 2.05. The summed E-state index contributed by atoms with van der Waals surface area (Å²) in [6.45, 7) is 7.08. The van der Waals surface area contributed by atoms with Gasteiger partial charge in [-0.2, -0.15) is 0 Å². The third kappa shape index (κ3) is 8.00. The van der Waals surface area contributed by atoms with Crippen molar-refractivity contribution in [2.45, 2.75) is 39.8 Å². The normalized spacial score (nSPS) is 11.5. The van der Waals surface area contributed by atoms with Gasteiger partial charge in [0.25, 0.3) is 0 Å². The van der Waals surface area contributed by atoms with Crippen LogP contribution in [0.4, 0.5) is 0 Å². The topological polar surface area (TPSA) is 75.4 Å². The summed E-state index contributed by atoms with van der Waals surface area (Å²) in [6, 6.07) is 9.23. The zero-order chi connectivity index (χ0) is 16.5. The van der Waals surface area contributed by atoms with E-state index in [-0.39, 0.29) is 30.8 Å². The molecule has 0 unspecified atom stereocenters. The van der Waals surface area contributed by atoms with Gasteiger partial charge in [0.15, 0.2) is 0 Å². The summed E-state index contributed by atoms with van der Waals surface area (Å²) in [5.74, 6) is -0.0177. The molecular weight excluding hydrogens is 314 g/mol. The van der Waals surface area contributed by atoms with Crippen LogP contribution in [0.2, 0.25) is 0 Å². The lowest BCUT2D eigenvalue weighted by Crippen LogP contribution is -2.46. The summed E-state index contributed by atoms with van der Waals surface area (Å²) in [4.78, 5) is 25.8. The summed E-state index contributed by atoms with van der Waals surface area (Å²) >= 11 is 0. The SMILES string of the molecule is CCN(Cc1ccccc1)C(=O)CNC(=O)[C@@H](N)CC(C)C.Cl. The first-order chi connectivity index (χ1) is 10.4. The van der Waals surface area contributed by atoms with E-state index in [1.54, 1.807) is 4.90 Å². The van der Waals surface area contributed by atoms with E-state index < -0.39 is 6.04 Å². The van der Waals surface area contributed by atoms with Crippen molar-refractivity contribution < 1.29 is 9.59 Å². The van der Waals surface area contributed by atoms with Crippen LogP contribution in [-0.4, -0.2) is 35.8 Å². The van der Waals surface area contributed by atoms with E-state index in [1.807, 2.05) is 51.1 Å². The second-order valence-electron chi connectivity index (χ2n) is 5.85. The molecule has 0 saturated carbocycles. The van der Waals surface area contributed by atoms with Crippen molar-refractivity contribution in [1.82, 2.24) is 10.2 Å². The minimum Gasteiger partial charge on any atom is -0.346 e. The van der Waals surface area contributed by atoms with E-state index >= 15 is 0 Å². The van der Waals surface area contributed by atoms with E-state index in [1.165, 1.54) is 0 Å². The van der Waals surface area contributed by atoms with Crippen LogP contribution in [0, 0.1) is 5.92 Å². The lowest BCUT2D eigenvalue weighted by Gasteiger charge is -2.22. The van der Waals surface area contributed by atoms with Crippen molar-refractivity contribution in [2.24, 2.45) is 11.7 Å². The molecule has 0 spiro atoms. The van der Waals surface area contributed by atoms with Crippen LogP contribution in [0.15, 0.2) is 30.3 Å². The molecule has 0 bridgehead atoms. The van der Waals surface area contributed by atoms with Crippen LogP contribution >= 0.6 is 12.4 Å². The number of carbonyl (C=O) groups excluding carboxylic acids is 2. The summed E-state index contributed by atoms with van der Waals surface area (Å²) < 4.78 is 0. The highest BCUT2D eigenvalue weighted by Gasteiger charge is 2.17. The molecule has 1 atom stereocenters. The van der Waals surface area contributed by atoms with Gasteiger partial charge in [0, 0.05) is 13.1 Å². The molecule has 0 heterocycles. The minimum atomic E-state index is -0.558. The zero-order valence-electron chi connectivity index (χ0n) is 14.1. The number of nitrogens with zero attached hydrogens (tertiary/aromatic N) is 1. The second-order valence-corrected chi connectivity index (χ2v) is 5.85. The number of hydrogen-bond acceptors (Lipinski definition) is 3. The lowest BCUT2D eigenvalue weighted by atomic mass is 10.0. The summed E-state index contributed by atoms with van der Waals surface area (Å²) in [7, 11) is 0. The summed E-state index contributed by atoms with van der Waals surface area (Å²) in [6.07, 6.45) is 0.613. The Kier molecular flexibility index (Phi) is 10.3. The van der Waals surface area contributed by atoms with Gasteiger partial charge < -0.3 is 16.0 Å². The number of halogens is 1. The van der Waals surface area contributed by atoms with Gasteiger partial charge in [-0.15, -0.1) is 12.4 Å². The zero-order valence-corrected chi connectivity index (χ0v) is 14.9. The number of hydrogen-bond donors (Lipinski definition) is 2. The first-order valence-electron chi connectivity index (χ1n) is 7.79. The molecule has 1 aromatic rings. The molecule has 0 aliphatic rings. The van der Waals surface area contributed by atoms with Gasteiger partial charge in [-0.05, 0) is 24.8 Å². The largest absolute Gasteiger partial charge is 0.346 e. The van der Waals surface area contributed by atoms with Crippen LogP contribution in [0.25, 0.3) is 0 Å². The third-order valence-corrected chi connectivity index (χ3v) is 3.43. The lowest BCUT2D eigenvalue weighted by molar-refractivity contribution is -0.133. The number of nitrogens with one attached hydrogen (secondary N) is 1. The predicted octanol–water partition coefficient (Wildman–Crippen LogP) is 1.95. The highest BCUT2D eigenvalue weighted by molar-refractivity contribution is 5.87. The number of nitrogens with two attached hydrogens (primary N) is 1. The maximum Gasteiger partial charge on any atom is 0.242 e. The standard InChI is InChI=1S/C17H27N3O2.ClH/c1-4-20(12-14-8-6-5-7-9-14)16(21)11-19-17(22)15(18)10-13(2)3;/h5-9,13,15H,4,10-12,18H2,1-3H3,(H,19,22);1H/t15-;/m0./s1. The Balaban J connectivity index is 0.00000484. The molecule has 0 radical (unpaired) electrons. The number of benzene rings is 1. The number of rotatable bonds is 8. The van der Waals surface area contributed by atoms with Gasteiger partial charge in [0.2, 0.25) is 11.8 Å². The Morgan fingerprint density at radius 3 is 2.35 bits per heavy atom. The Morgan fingerprint density at radius 1 is 1.22 bits per heavy atom. The highest BCUT2D eigenvalue weighted by atomic mass is 35.5. The smallest absolute Gasteiger partial charge is 0.242 e. The van der Waals surface area contributed by atoms with Crippen molar-refractivity contribution >= 4 is 24.2 Å². The maximum atomic E-state index is 12.2. The van der Waals surface area contributed by atoms with Gasteiger partial charge in [0.05, 0.1) is 12.6 Å². The number of carbonyl (C=O) groups is 2. The Bertz CT molecular complexity index is 480. The van der Waals surface area contributed by atoms with Crippen molar-refractivity contribution in [1.29, 1.82) is 0 Å². The van der Waals surface area contributed by atoms with Crippen molar-refractivity contribution in [3.63, 3.8) is 0 Å². The van der Waals surface area contributed by atoms with Crippen molar-refractivity contribution in [3.05, 3.63) is 35.9 Å². The minimum absolute atomic E-state index is 0. The van der Waals surface area contributed by atoms with Gasteiger partial charge in [-0.25, -0.2) is 0 Å². The monoisotopic (exact) mass is 341 g/mol. The van der Waals surface area contributed by atoms with Gasteiger partial charge in [0.1, 0.15) is 0 Å². The molecule has 2 amide bonds. The molecule has 0 fully saturated rings. The first kappa shape index (κ1) is 21.4. The van der Waals surface area contributed by atoms with Crippen LogP contribution in [-0.2, 0) is 16.1 Å². The maximum absolute atomic E-state index is 12.2. The van der Waals surface area contributed by atoms with Crippen LogP contribution in [0.1, 0.15) is 32.8 Å². The third-order valence-electron chi connectivity index (χ3n) is 3.43. The molecule has 0 aliphatic heterocycles. The molecule has 0 aliphatic carbocycles. The van der Waals surface area contributed by atoms with E-state index in [0.717, 1.165) is 5.56 Å². The first-order valence-corrected chi connectivity index (χ1v) is 7.79. The fourth-order valence-electron chi connectivity index (χ4n) is 2.20. The summed E-state index contributed by atoms with van der Waals surface area (Å²) in [5, 5.41) is 2.63. The Labute approximate surface area is 145 Å². The van der Waals surface area contributed by atoms with Crippen LogP contribution < -0.4 is 11.1 Å². The average Bonchev–Trinajstić information content (AvgIpc) is 2.50. The Morgan fingerprint density at radius 2 is 1.83 bits per heavy atom. The van der Waals surface area contributed by atoms with Gasteiger partial charge in [-0.1, -0.05) is 44.2 Å². The predicted molar refractivity (Wildman–Crippen MR) is 95.2 cm³/mol. The molecule has 0 saturated heterocycles.